The van der Waals surface area contributed by atoms with Gasteiger partial charge < -0.3 is 9.64 Å². The first-order chi connectivity index (χ1) is 7.85. The first-order valence-corrected chi connectivity index (χ1v) is 6.25. The van der Waals surface area contributed by atoms with Crippen molar-refractivity contribution in [2.24, 2.45) is 5.41 Å². The minimum Gasteiger partial charge on any atom is -0.445 e. The molecule has 0 radical (unpaired) electrons. The highest BCUT2D eigenvalue weighted by Crippen LogP contribution is 2.30. The summed E-state index contributed by atoms with van der Waals surface area (Å²) < 4.78 is 5.63. The van der Waals surface area contributed by atoms with Gasteiger partial charge in [-0.2, -0.15) is 0 Å². The molecule has 0 aromatic heterocycles. The first-order valence-electron chi connectivity index (χ1n) is 6.25. The maximum atomic E-state index is 12.1. The summed E-state index contributed by atoms with van der Waals surface area (Å²) >= 11 is 0. The highest BCUT2D eigenvalue weighted by molar-refractivity contribution is 5.76. The number of likely N-dealkylation sites (tertiary alicyclic amines) is 1. The zero-order valence-electron chi connectivity index (χ0n) is 11.4. The summed E-state index contributed by atoms with van der Waals surface area (Å²) in [7, 11) is 2.05. The van der Waals surface area contributed by atoms with Gasteiger partial charge in [0.1, 0.15) is 0 Å². The Kier molecular flexibility index (Phi) is 4.21. The Bertz CT molecular complexity index is 320. The lowest BCUT2D eigenvalue weighted by Gasteiger charge is -2.38. The lowest BCUT2D eigenvalue weighted by atomic mass is 9.88. The molecule has 0 unspecified atom stereocenters. The van der Waals surface area contributed by atoms with Gasteiger partial charge in [-0.05, 0) is 27.3 Å². The summed E-state index contributed by atoms with van der Waals surface area (Å²) in [6.45, 7) is 7.54. The second-order valence-corrected chi connectivity index (χ2v) is 5.57. The maximum Gasteiger partial charge on any atom is 0.313 e. The van der Waals surface area contributed by atoms with Crippen LogP contribution >= 0.6 is 0 Å². The van der Waals surface area contributed by atoms with Crippen molar-refractivity contribution in [1.29, 1.82) is 0 Å². The van der Waals surface area contributed by atoms with E-state index in [1.807, 2.05) is 20.8 Å². The lowest BCUT2D eigenvalue weighted by Crippen LogP contribution is -2.46. The van der Waals surface area contributed by atoms with Crippen molar-refractivity contribution in [2.75, 3.05) is 20.1 Å². The molecule has 1 fully saturated rings. The minimum atomic E-state index is -0.684. The van der Waals surface area contributed by atoms with E-state index in [9.17, 15) is 4.79 Å². The minimum absolute atomic E-state index is 0.178. The van der Waals surface area contributed by atoms with Crippen LogP contribution in [0.4, 0.5) is 0 Å². The summed E-state index contributed by atoms with van der Waals surface area (Å²) in [5.74, 6) is 2.52. The summed E-state index contributed by atoms with van der Waals surface area (Å²) in [4.78, 5) is 14.3. The van der Waals surface area contributed by atoms with Gasteiger partial charge in [-0.1, -0.05) is 12.8 Å². The molecular weight excluding hydrogens is 214 g/mol. The molecule has 1 aliphatic rings. The van der Waals surface area contributed by atoms with E-state index in [1.165, 1.54) is 0 Å². The molecule has 0 amide bonds. The molecule has 3 heteroatoms. The molecule has 1 rings (SSSR count). The fourth-order valence-electron chi connectivity index (χ4n) is 1.72. The quantitative estimate of drug-likeness (QED) is 0.556. The predicted octanol–water partition coefficient (Wildman–Crippen LogP) is 2.06. The van der Waals surface area contributed by atoms with Crippen molar-refractivity contribution in [1.82, 2.24) is 4.90 Å². The fourth-order valence-corrected chi connectivity index (χ4v) is 1.72. The zero-order valence-corrected chi connectivity index (χ0v) is 11.4. The van der Waals surface area contributed by atoms with Crippen LogP contribution in [0.15, 0.2) is 0 Å². The van der Waals surface area contributed by atoms with E-state index in [0.717, 1.165) is 32.4 Å². The summed E-state index contributed by atoms with van der Waals surface area (Å²) in [5.41, 5.74) is -1.14. The second-order valence-electron chi connectivity index (χ2n) is 5.57. The standard InChI is InChI=1S/C14H23NO2/c1-6-13(3,4)12(16)17-14(7-2)8-10-15(5)11-9-14/h2H,6,8-11H2,1,3-5H3. The normalized spacial score (nSPS) is 20.6. The number of carbonyl (C=O) groups excluding carboxylic acids is 1. The Hall–Kier alpha value is -1.01. The number of hydrogen-bond acceptors (Lipinski definition) is 3. The van der Waals surface area contributed by atoms with Crippen LogP contribution < -0.4 is 0 Å². The summed E-state index contributed by atoms with van der Waals surface area (Å²) in [6.07, 6.45) is 7.78. The maximum absolute atomic E-state index is 12.1. The topological polar surface area (TPSA) is 29.5 Å². The SMILES string of the molecule is C#CC1(OC(=O)C(C)(C)CC)CCN(C)CC1. The first kappa shape index (κ1) is 14.1. The number of nitrogens with zero attached hydrogens (tertiary/aromatic N) is 1. The predicted molar refractivity (Wildman–Crippen MR) is 68.5 cm³/mol. The van der Waals surface area contributed by atoms with E-state index in [-0.39, 0.29) is 5.97 Å². The van der Waals surface area contributed by atoms with Gasteiger partial charge in [-0.3, -0.25) is 4.79 Å². The van der Waals surface area contributed by atoms with Gasteiger partial charge in [0.15, 0.2) is 5.60 Å². The monoisotopic (exact) mass is 237 g/mol. The summed E-state index contributed by atoms with van der Waals surface area (Å²) in [5, 5.41) is 0. The molecule has 0 saturated carbocycles. The molecular formula is C14H23NO2. The Balaban J connectivity index is 2.71. The summed E-state index contributed by atoms with van der Waals surface area (Å²) in [6, 6.07) is 0. The smallest absolute Gasteiger partial charge is 0.313 e. The van der Waals surface area contributed by atoms with Crippen molar-refractivity contribution in [3.63, 3.8) is 0 Å². The second kappa shape index (κ2) is 5.10. The highest BCUT2D eigenvalue weighted by Gasteiger charge is 2.39. The third kappa shape index (κ3) is 3.23. The molecule has 0 spiro atoms. The van der Waals surface area contributed by atoms with E-state index in [2.05, 4.69) is 17.9 Å². The van der Waals surface area contributed by atoms with Gasteiger partial charge in [0.2, 0.25) is 0 Å². The van der Waals surface area contributed by atoms with Crippen LogP contribution in [0.2, 0.25) is 0 Å². The van der Waals surface area contributed by atoms with Crippen LogP contribution in [0.3, 0.4) is 0 Å². The highest BCUT2D eigenvalue weighted by atomic mass is 16.6. The molecule has 1 heterocycles. The van der Waals surface area contributed by atoms with Crippen molar-refractivity contribution < 1.29 is 9.53 Å². The molecule has 17 heavy (non-hydrogen) atoms. The number of carbonyl (C=O) groups is 1. The molecule has 3 nitrogen and oxygen atoms in total. The van der Waals surface area contributed by atoms with Crippen molar-refractivity contribution in [3.05, 3.63) is 0 Å². The molecule has 1 aliphatic heterocycles. The van der Waals surface area contributed by atoms with Gasteiger partial charge in [0.25, 0.3) is 0 Å². The molecule has 0 bridgehead atoms. The average Bonchev–Trinajstić information content (AvgIpc) is 2.32. The van der Waals surface area contributed by atoms with E-state index >= 15 is 0 Å². The molecule has 0 atom stereocenters. The van der Waals surface area contributed by atoms with E-state index in [4.69, 9.17) is 11.2 Å². The molecule has 0 N–H and O–H groups in total. The fraction of sp³-hybridized carbons (Fsp3) is 0.786. The van der Waals surface area contributed by atoms with Crippen LogP contribution in [0.1, 0.15) is 40.0 Å². The number of terminal acetylenes is 1. The number of esters is 1. The molecule has 1 saturated heterocycles. The Morgan fingerprint density at radius 1 is 1.47 bits per heavy atom. The average molecular weight is 237 g/mol. The number of ether oxygens (including phenoxy) is 1. The van der Waals surface area contributed by atoms with Crippen LogP contribution in [0, 0.1) is 17.8 Å². The van der Waals surface area contributed by atoms with Gasteiger partial charge in [-0.25, -0.2) is 0 Å². The van der Waals surface area contributed by atoms with Crippen molar-refractivity contribution in [2.45, 2.75) is 45.6 Å². The van der Waals surface area contributed by atoms with Gasteiger partial charge in [0, 0.05) is 25.9 Å². The van der Waals surface area contributed by atoms with Crippen molar-refractivity contribution in [3.8, 4) is 12.3 Å². The molecule has 0 aliphatic carbocycles. The molecule has 96 valence electrons. The number of piperidine rings is 1. The number of rotatable bonds is 3. The third-order valence-corrected chi connectivity index (χ3v) is 3.78. The van der Waals surface area contributed by atoms with Gasteiger partial charge in [0.05, 0.1) is 5.41 Å². The Labute approximate surface area is 105 Å². The number of hydrogen-bond donors (Lipinski definition) is 0. The largest absolute Gasteiger partial charge is 0.445 e. The van der Waals surface area contributed by atoms with Crippen LogP contribution in [-0.2, 0) is 9.53 Å². The third-order valence-electron chi connectivity index (χ3n) is 3.78. The van der Waals surface area contributed by atoms with Crippen molar-refractivity contribution >= 4 is 5.97 Å². The molecule has 0 aromatic rings. The van der Waals surface area contributed by atoms with E-state index < -0.39 is 11.0 Å². The molecule has 0 aromatic carbocycles. The van der Waals surface area contributed by atoms with Gasteiger partial charge in [-0.15, -0.1) is 6.42 Å². The van der Waals surface area contributed by atoms with Crippen LogP contribution in [0.5, 0.6) is 0 Å². The van der Waals surface area contributed by atoms with Crippen LogP contribution in [0.25, 0.3) is 0 Å². The lowest BCUT2D eigenvalue weighted by molar-refractivity contribution is -0.168. The Morgan fingerprint density at radius 3 is 2.41 bits per heavy atom. The van der Waals surface area contributed by atoms with Crippen LogP contribution in [-0.4, -0.2) is 36.6 Å². The van der Waals surface area contributed by atoms with E-state index in [1.54, 1.807) is 0 Å². The Morgan fingerprint density at radius 2 is 2.00 bits per heavy atom. The zero-order chi connectivity index (χ0) is 13.1. The van der Waals surface area contributed by atoms with E-state index in [0.29, 0.717) is 0 Å². The van der Waals surface area contributed by atoms with Gasteiger partial charge >= 0.3 is 5.97 Å².